The van der Waals surface area contributed by atoms with Gasteiger partial charge in [0.1, 0.15) is 12.4 Å². The molecular weight excluding hydrogens is 390 g/mol. The molecule has 2 bridgehead atoms. The molecular formula is C24H41N5O2. The molecule has 2 fully saturated rings. The molecule has 2 aliphatic carbocycles. The highest BCUT2D eigenvalue weighted by atomic mass is 16.5. The molecule has 0 saturated heterocycles. The van der Waals surface area contributed by atoms with Gasteiger partial charge < -0.3 is 30.7 Å². The lowest BCUT2D eigenvalue weighted by Crippen LogP contribution is -2.53. The van der Waals surface area contributed by atoms with Crippen LogP contribution < -0.4 is 26.0 Å². The average Bonchev–Trinajstić information content (AvgIpc) is 2.80. The van der Waals surface area contributed by atoms with Gasteiger partial charge in [0.15, 0.2) is 0 Å². The molecule has 4 N–H and O–H groups in total. The van der Waals surface area contributed by atoms with Crippen LogP contribution >= 0.6 is 0 Å². The van der Waals surface area contributed by atoms with Crippen LogP contribution in [0.3, 0.4) is 0 Å². The molecule has 4 atom stereocenters. The van der Waals surface area contributed by atoms with Gasteiger partial charge >= 0.3 is 0 Å². The third-order valence-corrected chi connectivity index (χ3v) is 7.02. The minimum atomic E-state index is 0.503. The maximum Gasteiger partial charge on any atom is 0.123 e. The molecule has 0 radical (unpaired) electrons. The first-order valence-electron chi connectivity index (χ1n) is 12.4. The highest BCUT2D eigenvalue weighted by Crippen LogP contribution is 2.22. The summed E-state index contributed by atoms with van der Waals surface area (Å²) < 4.78 is 11.1. The zero-order chi connectivity index (χ0) is 21.3. The molecule has 0 spiro atoms. The fraction of sp³-hybridized carbons (Fsp3) is 0.792. The van der Waals surface area contributed by atoms with Crippen molar-refractivity contribution in [2.75, 3.05) is 33.4 Å². The van der Waals surface area contributed by atoms with Crippen LogP contribution in [-0.2, 0) is 17.8 Å². The number of nitrogens with zero attached hydrogens (tertiary/aromatic N) is 1. The monoisotopic (exact) mass is 431 g/mol. The molecule has 2 saturated carbocycles. The van der Waals surface area contributed by atoms with Gasteiger partial charge in [-0.25, -0.2) is 0 Å². The summed E-state index contributed by atoms with van der Waals surface area (Å²) in [5, 5.41) is 15.3. The molecule has 2 heterocycles. The Balaban J connectivity index is 1.51. The highest BCUT2D eigenvalue weighted by molar-refractivity contribution is 5.27. The van der Waals surface area contributed by atoms with E-state index < -0.39 is 0 Å². The van der Waals surface area contributed by atoms with Gasteiger partial charge in [-0.2, -0.15) is 0 Å². The molecule has 1 aromatic heterocycles. The second-order valence-corrected chi connectivity index (χ2v) is 9.29. The topological polar surface area (TPSA) is 79.5 Å². The third kappa shape index (κ3) is 6.86. The first-order chi connectivity index (χ1) is 15.3. The zero-order valence-electron chi connectivity index (χ0n) is 19.1. The Bertz CT molecular complexity index is 625. The Labute approximate surface area is 187 Å². The number of hydrogen-bond acceptors (Lipinski definition) is 7. The van der Waals surface area contributed by atoms with Crippen LogP contribution in [0.4, 0.5) is 0 Å². The molecule has 174 valence electrons. The van der Waals surface area contributed by atoms with Crippen molar-refractivity contribution in [1.82, 2.24) is 26.3 Å². The number of hydrogen-bond donors (Lipinski definition) is 4. The number of pyridine rings is 1. The van der Waals surface area contributed by atoms with Gasteiger partial charge in [0.25, 0.3) is 0 Å². The van der Waals surface area contributed by atoms with Crippen molar-refractivity contribution < 1.29 is 9.47 Å². The molecule has 0 unspecified atom stereocenters. The second kappa shape index (κ2) is 12.1. The van der Waals surface area contributed by atoms with Crippen LogP contribution in [-0.4, -0.2) is 62.6 Å². The predicted octanol–water partition coefficient (Wildman–Crippen LogP) is 2.10. The Kier molecular flexibility index (Phi) is 8.96. The van der Waals surface area contributed by atoms with E-state index in [2.05, 4.69) is 33.4 Å². The van der Waals surface area contributed by atoms with Gasteiger partial charge in [-0.3, -0.25) is 4.98 Å². The summed E-state index contributed by atoms with van der Waals surface area (Å²) in [4.78, 5) is 4.97. The van der Waals surface area contributed by atoms with Gasteiger partial charge in [-0.15, -0.1) is 0 Å². The predicted molar refractivity (Wildman–Crippen MR) is 123 cm³/mol. The van der Waals surface area contributed by atoms with E-state index in [-0.39, 0.29) is 0 Å². The summed E-state index contributed by atoms with van der Waals surface area (Å²) in [7, 11) is 1.70. The Hall–Kier alpha value is -1.25. The minimum Gasteiger partial charge on any atom is -0.491 e. The van der Waals surface area contributed by atoms with E-state index in [1.54, 1.807) is 7.11 Å². The lowest BCUT2D eigenvalue weighted by molar-refractivity contribution is 0.146. The molecule has 3 aliphatic rings. The third-order valence-electron chi connectivity index (χ3n) is 7.02. The zero-order valence-corrected chi connectivity index (χ0v) is 19.1. The van der Waals surface area contributed by atoms with Gasteiger partial charge in [0.05, 0.1) is 18.0 Å². The van der Waals surface area contributed by atoms with Crippen LogP contribution in [0.1, 0.15) is 62.8 Å². The summed E-state index contributed by atoms with van der Waals surface area (Å²) >= 11 is 0. The molecule has 7 heteroatoms. The molecule has 7 nitrogen and oxygen atoms in total. The number of fused-ring (bicyclic) bond motifs is 4. The molecule has 1 aromatic rings. The van der Waals surface area contributed by atoms with E-state index in [9.17, 15) is 0 Å². The quantitative estimate of drug-likeness (QED) is 0.544. The normalized spacial score (nSPS) is 30.4. The minimum absolute atomic E-state index is 0.503. The largest absolute Gasteiger partial charge is 0.491 e. The summed E-state index contributed by atoms with van der Waals surface area (Å²) in [5.41, 5.74) is 2.12. The second-order valence-electron chi connectivity index (χ2n) is 9.29. The van der Waals surface area contributed by atoms with E-state index in [4.69, 9.17) is 14.5 Å². The fourth-order valence-corrected chi connectivity index (χ4v) is 5.35. The number of rotatable bonds is 4. The van der Waals surface area contributed by atoms with E-state index in [0.717, 1.165) is 43.3 Å². The maximum absolute atomic E-state index is 5.96. The standard InChI is InChI=1S/C24H41N5O2/c1-30-12-13-31-20-14-18-16-27-23-8-4-2-6-21(23)25-10-11-26-22-7-3-5-9-24(22)28-17-19(15-20)29-18/h14-15,21-28H,2-13,16-17H2,1H3/t21-,22-,23-,24-/m1/s1. The van der Waals surface area contributed by atoms with Gasteiger partial charge in [-0.05, 0) is 25.7 Å². The Morgan fingerprint density at radius 2 is 1.23 bits per heavy atom. The van der Waals surface area contributed by atoms with Crippen molar-refractivity contribution in [3.63, 3.8) is 0 Å². The summed E-state index contributed by atoms with van der Waals surface area (Å²) in [6, 6.07) is 6.26. The summed E-state index contributed by atoms with van der Waals surface area (Å²) in [6.07, 6.45) is 10.2. The van der Waals surface area contributed by atoms with Crippen LogP contribution in [0.5, 0.6) is 5.75 Å². The molecule has 4 rings (SSSR count). The lowest BCUT2D eigenvalue weighted by atomic mass is 9.89. The van der Waals surface area contributed by atoms with Crippen molar-refractivity contribution in [3.05, 3.63) is 23.5 Å². The van der Waals surface area contributed by atoms with Crippen LogP contribution in [0.2, 0.25) is 0 Å². The number of ether oxygens (including phenoxy) is 2. The van der Waals surface area contributed by atoms with E-state index in [0.29, 0.717) is 37.4 Å². The van der Waals surface area contributed by atoms with Gasteiger partial charge in [0, 0.05) is 69.6 Å². The first kappa shape index (κ1) is 22.9. The van der Waals surface area contributed by atoms with Crippen LogP contribution in [0, 0.1) is 0 Å². The van der Waals surface area contributed by atoms with Gasteiger partial charge in [-0.1, -0.05) is 25.7 Å². The Morgan fingerprint density at radius 3 is 1.71 bits per heavy atom. The van der Waals surface area contributed by atoms with Crippen LogP contribution in [0.25, 0.3) is 0 Å². The molecule has 1 aliphatic heterocycles. The van der Waals surface area contributed by atoms with Crippen LogP contribution in [0.15, 0.2) is 12.1 Å². The number of nitrogens with one attached hydrogen (secondary N) is 4. The lowest BCUT2D eigenvalue weighted by Gasteiger charge is -2.34. The van der Waals surface area contributed by atoms with Crippen molar-refractivity contribution in [2.24, 2.45) is 0 Å². The van der Waals surface area contributed by atoms with Crippen molar-refractivity contribution in [2.45, 2.75) is 88.6 Å². The SMILES string of the molecule is COCCOc1cc2nc(c1)CN[C@@H]1CCCC[C@H]1NCCN[C@@H]1CCCC[C@H]1NC2. The highest BCUT2D eigenvalue weighted by Gasteiger charge is 2.26. The smallest absolute Gasteiger partial charge is 0.123 e. The van der Waals surface area contributed by atoms with Crippen molar-refractivity contribution in [3.8, 4) is 5.75 Å². The first-order valence-corrected chi connectivity index (χ1v) is 12.4. The van der Waals surface area contributed by atoms with E-state index in [1.165, 1.54) is 51.4 Å². The van der Waals surface area contributed by atoms with Crippen molar-refractivity contribution in [1.29, 1.82) is 0 Å². The average molecular weight is 432 g/mol. The summed E-state index contributed by atoms with van der Waals surface area (Å²) in [6.45, 7) is 4.78. The van der Waals surface area contributed by atoms with Gasteiger partial charge in [0.2, 0.25) is 0 Å². The number of aromatic nitrogens is 1. The molecule has 31 heavy (non-hydrogen) atoms. The maximum atomic E-state index is 5.96. The molecule has 0 amide bonds. The summed E-state index contributed by atoms with van der Waals surface area (Å²) in [5.74, 6) is 0.890. The Morgan fingerprint density at radius 1 is 0.742 bits per heavy atom. The van der Waals surface area contributed by atoms with E-state index >= 15 is 0 Å². The molecule has 0 aromatic carbocycles. The van der Waals surface area contributed by atoms with Crippen molar-refractivity contribution >= 4 is 0 Å². The van der Waals surface area contributed by atoms with E-state index in [1.807, 2.05) is 0 Å². The number of methoxy groups -OCH3 is 1. The fourth-order valence-electron chi connectivity index (χ4n) is 5.35.